The summed E-state index contributed by atoms with van der Waals surface area (Å²) in [6.45, 7) is 1.31. The van der Waals surface area contributed by atoms with Crippen LogP contribution in [0.2, 0.25) is 0 Å². The minimum absolute atomic E-state index is 0.0144. The van der Waals surface area contributed by atoms with Crippen LogP contribution in [0.1, 0.15) is 49.1 Å². The minimum Gasteiger partial charge on any atom is -0.481 e. The number of carbonyl (C=O) groups is 2. The number of nitrogens with one attached hydrogen (secondary N) is 1. The molecule has 0 saturated carbocycles. The zero-order chi connectivity index (χ0) is 29.1. The van der Waals surface area contributed by atoms with Gasteiger partial charge >= 0.3 is 18.3 Å². The maximum atomic E-state index is 13.7. The molecule has 0 unspecified atom stereocenters. The summed E-state index contributed by atoms with van der Waals surface area (Å²) in [6.07, 6.45) is -6.74. The number of piperidine rings is 1. The van der Waals surface area contributed by atoms with Crippen LogP contribution in [0, 0.1) is 5.92 Å². The lowest BCUT2D eigenvalue weighted by Crippen LogP contribution is -2.57. The number of hydrogen-bond donors (Lipinski definition) is 2. The molecule has 0 bridgehead atoms. The largest absolute Gasteiger partial charge is 0.481 e. The number of amides is 1. The Morgan fingerprint density at radius 3 is 2.12 bits per heavy atom. The van der Waals surface area contributed by atoms with Crippen molar-refractivity contribution in [2.45, 2.75) is 56.9 Å². The van der Waals surface area contributed by atoms with E-state index in [1.807, 2.05) is 0 Å². The molecule has 2 aliphatic rings. The Morgan fingerprint density at radius 2 is 1.57 bits per heavy atom. The fourth-order valence-electron chi connectivity index (χ4n) is 4.88. The zero-order valence-corrected chi connectivity index (χ0v) is 21.4. The van der Waals surface area contributed by atoms with Crippen LogP contribution in [0.4, 0.5) is 38.0 Å². The number of anilines is 2. The summed E-state index contributed by atoms with van der Waals surface area (Å²) >= 11 is 0. The molecule has 1 atom stereocenters. The Labute approximate surface area is 226 Å². The predicted octanol–water partition coefficient (Wildman–Crippen LogP) is 4.53. The van der Waals surface area contributed by atoms with Crippen molar-refractivity contribution in [3.63, 3.8) is 0 Å². The van der Waals surface area contributed by atoms with Gasteiger partial charge in [-0.05, 0) is 55.7 Å². The second-order valence-corrected chi connectivity index (χ2v) is 10.0. The molecule has 0 radical (unpaired) electrons. The average molecular weight is 574 g/mol. The normalized spacial score (nSPS) is 18.4. The molecule has 0 aliphatic carbocycles. The van der Waals surface area contributed by atoms with Crippen LogP contribution in [0.15, 0.2) is 30.3 Å². The van der Waals surface area contributed by atoms with Gasteiger partial charge in [0.25, 0.3) is 0 Å². The maximum Gasteiger partial charge on any atom is 0.451 e. The van der Waals surface area contributed by atoms with E-state index in [2.05, 4.69) is 15.3 Å². The van der Waals surface area contributed by atoms with Crippen molar-refractivity contribution in [2.24, 2.45) is 5.92 Å². The highest BCUT2D eigenvalue weighted by atomic mass is 19.4. The van der Waals surface area contributed by atoms with Gasteiger partial charge in [0.15, 0.2) is 0 Å². The number of aromatic nitrogens is 2. The van der Waals surface area contributed by atoms with Crippen LogP contribution in [-0.4, -0.2) is 59.2 Å². The standard InChI is InChI=1S/C26H29F6N5O3/c27-25(28,29)18-4-1-16(2-5-18)7-11-33-23(40)19-10-14-37(19)21-15-20(34-24(35-21)26(30,31)32)36-12-8-17(9-13-36)3-6-22(38)39/h1-2,4-5,15,17,19H,3,6-14H2,(H,33,40)(H,38,39)/t19-/m0/s1. The molecule has 1 aromatic carbocycles. The van der Waals surface area contributed by atoms with Crippen LogP contribution in [0.5, 0.6) is 0 Å². The van der Waals surface area contributed by atoms with Gasteiger partial charge < -0.3 is 20.2 Å². The third-order valence-corrected chi connectivity index (χ3v) is 7.27. The van der Waals surface area contributed by atoms with Gasteiger partial charge in [-0.3, -0.25) is 9.59 Å². The predicted molar refractivity (Wildman–Crippen MR) is 133 cm³/mol. The second kappa shape index (κ2) is 11.9. The lowest BCUT2D eigenvalue weighted by molar-refractivity contribution is -0.145. The molecule has 1 aromatic heterocycles. The van der Waals surface area contributed by atoms with E-state index in [1.54, 1.807) is 4.90 Å². The van der Waals surface area contributed by atoms with Gasteiger partial charge in [0.05, 0.1) is 5.56 Å². The molecule has 14 heteroatoms. The molecule has 4 rings (SSSR count). The average Bonchev–Trinajstić information content (AvgIpc) is 2.86. The lowest BCUT2D eigenvalue weighted by Gasteiger charge is -2.41. The summed E-state index contributed by atoms with van der Waals surface area (Å²) < 4.78 is 79.1. The summed E-state index contributed by atoms with van der Waals surface area (Å²) in [5.74, 6) is -2.35. The minimum atomic E-state index is -4.80. The molecule has 0 spiro atoms. The Balaban J connectivity index is 1.39. The van der Waals surface area contributed by atoms with Gasteiger partial charge in [-0.2, -0.15) is 26.3 Å². The molecular weight excluding hydrogens is 544 g/mol. The van der Waals surface area contributed by atoms with Crippen molar-refractivity contribution in [3.8, 4) is 0 Å². The molecule has 40 heavy (non-hydrogen) atoms. The molecule has 2 N–H and O–H groups in total. The lowest BCUT2D eigenvalue weighted by atomic mass is 9.92. The number of carbonyl (C=O) groups excluding carboxylic acids is 1. The Morgan fingerprint density at radius 1 is 0.925 bits per heavy atom. The molecule has 8 nitrogen and oxygen atoms in total. The van der Waals surface area contributed by atoms with E-state index in [0.717, 1.165) is 12.1 Å². The molecular formula is C26H29F6N5O3. The number of benzene rings is 1. The van der Waals surface area contributed by atoms with E-state index in [-0.39, 0.29) is 36.9 Å². The number of rotatable bonds is 9. The number of halogens is 6. The first-order valence-electron chi connectivity index (χ1n) is 12.9. The third-order valence-electron chi connectivity index (χ3n) is 7.27. The fraction of sp³-hybridized carbons (Fsp3) is 0.538. The Bertz CT molecular complexity index is 1200. The maximum absolute atomic E-state index is 13.7. The fourth-order valence-corrected chi connectivity index (χ4v) is 4.88. The van der Waals surface area contributed by atoms with Gasteiger partial charge in [0, 0.05) is 38.7 Å². The summed E-state index contributed by atoms with van der Waals surface area (Å²) in [5.41, 5.74) is -0.170. The van der Waals surface area contributed by atoms with E-state index >= 15 is 0 Å². The third kappa shape index (κ3) is 7.33. The molecule has 2 saturated heterocycles. The van der Waals surface area contributed by atoms with E-state index < -0.39 is 41.7 Å². The Hall–Kier alpha value is -3.58. The Kier molecular flexibility index (Phi) is 8.74. The summed E-state index contributed by atoms with van der Waals surface area (Å²) in [4.78, 5) is 34.3. The highest BCUT2D eigenvalue weighted by Gasteiger charge is 2.40. The highest BCUT2D eigenvalue weighted by molar-refractivity contribution is 5.86. The molecule has 2 aromatic rings. The number of nitrogens with zero attached hydrogens (tertiary/aromatic N) is 4. The second-order valence-electron chi connectivity index (χ2n) is 10.0. The summed E-state index contributed by atoms with van der Waals surface area (Å²) in [7, 11) is 0. The molecule has 3 heterocycles. The topological polar surface area (TPSA) is 98.7 Å². The van der Waals surface area contributed by atoms with Crippen LogP contribution in [-0.2, 0) is 28.4 Å². The highest BCUT2D eigenvalue weighted by Crippen LogP contribution is 2.35. The van der Waals surface area contributed by atoms with Crippen LogP contribution >= 0.6 is 0 Å². The molecule has 2 aliphatic heterocycles. The summed E-state index contributed by atoms with van der Waals surface area (Å²) in [5, 5.41) is 11.6. The summed E-state index contributed by atoms with van der Waals surface area (Å²) in [6, 6.07) is 5.30. The molecule has 2 fully saturated rings. The van der Waals surface area contributed by atoms with Crippen molar-refractivity contribution < 1.29 is 41.0 Å². The number of aliphatic carboxylic acids is 1. The SMILES string of the molecule is O=C(O)CCC1CCN(c2cc(N3CC[C@H]3C(=O)NCCc3ccc(C(F)(F)F)cc3)nc(C(F)(F)F)n2)CC1. The van der Waals surface area contributed by atoms with Crippen LogP contribution in [0.3, 0.4) is 0 Å². The van der Waals surface area contributed by atoms with Gasteiger partial charge in [-0.1, -0.05) is 12.1 Å². The number of carboxylic acid groups (broad SMARTS) is 1. The van der Waals surface area contributed by atoms with E-state index in [1.165, 1.54) is 23.1 Å². The van der Waals surface area contributed by atoms with E-state index in [4.69, 9.17) is 5.11 Å². The smallest absolute Gasteiger partial charge is 0.451 e. The first-order valence-corrected chi connectivity index (χ1v) is 12.9. The van der Waals surface area contributed by atoms with Gasteiger partial charge in [0.2, 0.25) is 11.7 Å². The van der Waals surface area contributed by atoms with E-state index in [9.17, 15) is 35.9 Å². The van der Waals surface area contributed by atoms with Crippen molar-refractivity contribution in [3.05, 3.63) is 47.3 Å². The number of hydrogen-bond acceptors (Lipinski definition) is 6. The van der Waals surface area contributed by atoms with Crippen molar-refractivity contribution >= 4 is 23.5 Å². The quantitative estimate of drug-likeness (QED) is 0.426. The van der Waals surface area contributed by atoms with Gasteiger partial charge in [-0.15, -0.1) is 0 Å². The van der Waals surface area contributed by atoms with Crippen LogP contribution < -0.4 is 15.1 Å². The van der Waals surface area contributed by atoms with E-state index in [0.29, 0.717) is 50.9 Å². The first kappa shape index (κ1) is 29.4. The van der Waals surface area contributed by atoms with Gasteiger partial charge in [-0.25, -0.2) is 9.97 Å². The zero-order valence-electron chi connectivity index (χ0n) is 21.4. The van der Waals surface area contributed by atoms with Crippen molar-refractivity contribution in [2.75, 3.05) is 36.0 Å². The number of carboxylic acids is 1. The first-order chi connectivity index (χ1) is 18.8. The van der Waals surface area contributed by atoms with Crippen LogP contribution in [0.25, 0.3) is 0 Å². The van der Waals surface area contributed by atoms with Crippen molar-refractivity contribution in [1.82, 2.24) is 15.3 Å². The monoisotopic (exact) mass is 573 g/mol. The van der Waals surface area contributed by atoms with Gasteiger partial charge in [0.1, 0.15) is 17.7 Å². The molecule has 1 amide bonds. The van der Waals surface area contributed by atoms with Crippen molar-refractivity contribution in [1.29, 1.82) is 0 Å². The number of alkyl halides is 6. The molecule has 218 valence electrons.